The number of nitrogens with one attached hydrogen (secondary N) is 1. The van der Waals surface area contributed by atoms with Crippen LogP contribution in [0.3, 0.4) is 0 Å². The predicted molar refractivity (Wildman–Crippen MR) is 72.2 cm³/mol. The number of anilines is 2. The second-order valence-corrected chi connectivity index (χ2v) is 4.11. The van der Waals surface area contributed by atoms with E-state index < -0.39 is 0 Å². The van der Waals surface area contributed by atoms with Gasteiger partial charge in [-0.3, -0.25) is 4.98 Å². The summed E-state index contributed by atoms with van der Waals surface area (Å²) in [6.07, 6.45) is 6.96. The molecule has 0 aliphatic carbocycles. The Kier molecular flexibility index (Phi) is 2.61. The van der Waals surface area contributed by atoms with Crippen LogP contribution in [0.2, 0.25) is 0 Å². The summed E-state index contributed by atoms with van der Waals surface area (Å²) in [6, 6.07) is 7.73. The lowest BCUT2D eigenvalue weighted by molar-refractivity contribution is 0.564. The highest BCUT2D eigenvalue weighted by atomic mass is 16.3. The highest BCUT2D eigenvalue weighted by Crippen LogP contribution is 2.27. The van der Waals surface area contributed by atoms with Crippen molar-refractivity contribution in [2.45, 2.75) is 6.54 Å². The molecule has 0 unspecified atom stereocenters. The van der Waals surface area contributed by atoms with Crippen molar-refractivity contribution in [2.24, 2.45) is 0 Å². The topological polar surface area (TPSA) is 64.1 Å². The van der Waals surface area contributed by atoms with Crippen LogP contribution in [0.5, 0.6) is 0 Å². The Morgan fingerprint density at radius 2 is 2.11 bits per heavy atom. The molecule has 4 heteroatoms. The molecule has 0 aliphatic rings. The largest absolute Gasteiger partial charge is 0.472 e. The Morgan fingerprint density at radius 1 is 1.17 bits per heavy atom. The maximum Gasteiger partial charge on any atom is 0.0952 e. The lowest BCUT2D eigenvalue weighted by atomic mass is 10.1. The van der Waals surface area contributed by atoms with Crippen molar-refractivity contribution >= 4 is 22.1 Å². The number of aromatic nitrogens is 1. The molecule has 0 radical (unpaired) electrons. The van der Waals surface area contributed by atoms with E-state index in [0.717, 1.165) is 27.7 Å². The van der Waals surface area contributed by atoms with Gasteiger partial charge in [-0.25, -0.2) is 0 Å². The Bertz CT molecular complexity index is 662. The van der Waals surface area contributed by atoms with E-state index in [9.17, 15) is 0 Å². The summed E-state index contributed by atoms with van der Waals surface area (Å²) >= 11 is 0. The van der Waals surface area contributed by atoms with Crippen molar-refractivity contribution in [1.82, 2.24) is 4.98 Å². The van der Waals surface area contributed by atoms with E-state index in [2.05, 4.69) is 10.3 Å². The number of nitrogens with two attached hydrogens (primary N) is 1. The first-order valence-electron chi connectivity index (χ1n) is 5.72. The molecule has 2 heterocycles. The van der Waals surface area contributed by atoms with Crippen molar-refractivity contribution in [3.8, 4) is 0 Å². The summed E-state index contributed by atoms with van der Waals surface area (Å²) in [5.74, 6) is 0. The van der Waals surface area contributed by atoms with Crippen LogP contribution in [-0.2, 0) is 6.54 Å². The molecule has 0 saturated carbocycles. The minimum Gasteiger partial charge on any atom is -0.472 e. The van der Waals surface area contributed by atoms with Crippen LogP contribution in [0.4, 0.5) is 11.4 Å². The maximum atomic E-state index is 5.95. The Morgan fingerprint density at radius 3 is 2.94 bits per heavy atom. The molecule has 0 spiro atoms. The third-order valence-electron chi connectivity index (χ3n) is 2.91. The van der Waals surface area contributed by atoms with Gasteiger partial charge in [0.2, 0.25) is 0 Å². The van der Waals surface area contributed by atoms with Crippen molar-refractivity contribution < 1.29 is 4.42 Å². The summed E-state index contributed by atoms with van der Waals surface area (Å²) in [5.41, 5.74) is 8.83. The number of rotatable bonds is 3. The molecular weight excluding hydrogens is 226 g/mol. The molecule has 90 valence electrons. The van der Waals surface area contributed by atoms with Gasteiger partial charge in [-0.05, 0) is 24.3 Å². The van der Waals surface area contributed by atoms with Crippen LogP contribution in [0.25, 0.3) is 10.8 Å². The first-order chi connectivity index (χ1) is 8.84. The third kappa shape index (κ3) is 1.88. The van der Waals surface area contributed by atoms with E-state index in [-0.39, 0.29) is 0 Å². The first-order valence-corrected chi connectivity index (χ1v) is 5.72. The van der Waals surface area contributed by atoms with Crippen LogP contribution in [0, 0.1) is 0 Å². The molecule has 0 bridgehead atoms. The fraction of sp³-hybridized carbons (Fsp3) is 0.0714. The van der Waals surface area contributed by atoms with Gasteiger partial charge < -0.3 is 15.5 Å². The molecule has 3 rings (SSSR count). The Labute approximate surface area is 104 Å². The average Bonchev–Trinajstić information content (AvgIpc) is 2.92. The number of nitrogen functional groups attached to an aromatic ring is 1. The Balaban J connectivity index is 1.94. The lowest BCUT2D eigenvalue weighted by Crippen LogP contribution is -2.00. The molecule has 2 aromatic heterocycles. The zero-order valence-corrected chi connectivity index (χ0v) is 9.76. The van der Waals surface area contributed by atoms with Crippen molar-refractivity contribution in [3.05, 3.63) is 54.7 Å². The summed E-state index contributed by atoms with van der Waals surface area (Å²) in [7, 11) is 0. The molecule has 3 aromatic rings. The second-order valence-electron chi connectivity index (χ2n) is 4.11. The molecule has 0 fully saturated rings. The number of fused-ring (bicyclic) bond motifs is 1. The fourth-order valence-electron chi connectivity index (χ4n) is 1.96. The SMILES string of the molecule is Nc1ccc(NCc2ccoc2)c2cnccc12. The molecule has 18 heavy (non-hydrogen) atoms. The third-order valence-corrected chi connectivity index (χ3v) is 2.91. The molecule has 0 amide bonds. The van der Waals surface area contributed by atoms with Gasteiger partial charge in [0.15, 0.2) is 0 Å². The zero-order chi connectivity index (χ0) is 12.4. The average molecular weight is 239 g/mol. The summed E-state index contributed by atoms with van der Waals surface area (Å²) in [5, 5.41) is 5.41. The van der Waals surface area contributed by atoms with Crippen LogP contribution in [0.1, 0.15) is 5.56 Å². The van der Waals surface area contributed by atoms with Crippen LogP contribution in [0.15, 0.2) is 53.6 Å². The number of pyridine rings is 1. The van der Waals surface area contributed by atoms with E-state index in [0.29, 0.717) is 6.54 Å². The number of hydrogen-bond donors (Lipinski definition) is 2. The quantitative estimate of drug-likeness (QED) is 0.689. The summed E-state index contributed by atoms with van der Waals surface area (Å²) in [6.45, 7) is 0.713. The smallest absolute Gasteiger partial charge is 0.0952 e. The molecule has 0 saturated heterocycles. The van der Waals surface area contributed by atoms with Crippen molar-refractivity contribution in [1.29, 1.82) is 0 Å². The molecule has 3 N–H and O–H groups in total. The summed E-state index contributed by atoms with van der Waals surface area (Å²) < 4.78 is 5.04. The minimum absolute atomic E-state index is 0.713. The van der Waals surface area contributed by atoms with Crippen LogP contribution >= 0.6 is 0 Å². The van der Waals surface area contributed by atoms with E-state index >= 15 is 0 Å². The standard InChI is InChI=1S/C14H13N3O/c15-13-1-2-14(12-8-16-5-3-11(12)13)17-7-10-4-6-18-9-10/h1-6,8-9,17H,7,15H2. The lowest BCUT2D eigenvalue weighted by Gasteiger charge is -2.10. The van der Waals surface area contributed by atoms with Crippen molar-refractivity contribution in [3.63, 3.8) is 0 Å². The number of furan rings is 1. The first kappa shape index (κ1) is 10.7. The van der Waals surface area contributed by atoms with E-state index in [4.69, 9.17) is 10.2 Å². The minimum atomic E-state index is 0.713. The Hall–Kier alpha value is -2.49. The van der Waals surface area contributed by atoms with Gasteiger partial charge in [0.1, 0.15) is 0 Å². The number of hydrogen-bond acceptors (Lipinski definition) is 4. The second kappa shape index (κ2) is 4.41. The van der Waals surface area contributed by atoms with Gasteiger partial charge in [0, 0.05) is 46.6 Å². The number of benzene rings is 1. The van der Waals surface area contributed by atoms with Gasteiger partial charge >= 0.3 is 0 Å². The van der Waals surface area contributed by atoms with Gasteiger partial charge in [-0.2, -0.15) is 0 Å². The highest BCUT2D eigenvalue weighted by molar-refractivity contribution is 6.00. The van der Waals surface area contributed by atoms with Gasteiger partial charge in [0.25, 0.3) is 0 Å². The monoisotopic (exact) mass is 239 g/mol. The van der Waals surface area contributed by atoms with Crippen LogP contribution in [-0.4, -0.2) is 4.98 Å². The zero-order valence-electron chi connectivity index (χ0n) is 9.76. The maximum absolute atomic E-state index is 5.95. The highest BCUT2D eigenvalue weighted by Gasteiger charge is 2.04. The van der Waals surface area contributed by atoms with Crippen molar-refractivity contribution in [2.75, 3.05) is 11.1 Å². The number of nitrogens with zero attached hydrogens (tertiary/aromatic N) is 1. The summed E-state index contributed by atoms with van der Waals surface area (Å²) in [4.78, 5) is 4.15. The molecular formula is C14H13N3O. The fourth-order valence-corrected chi connectivity index (χ4v) is 1.96. The molecule has 4 nitrogen and oxygen atoms in total. The molecule has 1 aromatic carbocycles. The van der Waals surface area contributed by atoms with Gasteiger partial charge in [-0.15, -0.1) is 0 Å². The van der Waals surface area contributed by atoms with Crippen LogP contribution < -0.4 is 11.1 Å². The van der Waals surface area contributed by atoms with Gasteiger partial charge in [0.05, 0.1) is 12.5 Å². The molecule has 0 atom stereocenters. The molecule has 0 aliphatic heterocycles. The normalized spacial score (nSPS) is 10.7. The van der Waals surface area contributed by atoms with E-state index in [1.54, 1.807) is 18.7 Å². The van der Waals surface area contributed by atoms with E-state index in [1.807, 2.05) is 30.5 Å². The van der Waals surface area contributed by atoms with E-state index in [1.165, 1.54) is 0 Å². The predicted octanol–water partition coefficient (Wildman–Crippen LogP) is 3.02. The van der Waals surface area contributed by atoms with Gasteiger partial charge in [-0.1, -0.05) is 0 Å².